The highest BCUT2D eigenvalue weighted by Crippen LogP contribution is 2.26. The average molecular weight is 468 g/mol. The first-order valence-electron chi connectivity index (χ1n) is 10.2. The number of rotatable bonds is 7. The fourth-order valence-electron chi connectivity index (χ4n) is 3.65. The normalized spacial score (nSPS) is 14.9. The van der Waals surface area contributed by atoms with E-state index in [1.54, 1.807) is 6.92 Å². The van der Waals surface area contributed by atoms with Crippen LogP contribution in [-0.4, -0.2) is 63.0 Å². The quantitative estimate of drug-likeness (QED) is 0.604. The minimum atomic E-state index is -4.09. The number of H-pyrrole nitrogens is 1. The maximum absolute atomic E-state index is 14.4. The van der Waals surface area contributed by atoms with E-state index in [0.29, 0.717) is 29.7 Å². The Morgan fingerprint density at radius 2 is 1.97 bits per heavy atom. The van der Waals surface area contributed by atoms with Gasteiger partial charge in [0.2, 0.25) is 10.0 Å². The first kappa shape index (κ1) is 23.9. The van der Waals surface area contributed by atoms with Crippen molar-refractivity contribution in [2.24, 2.45) is 0 Å². The van der Waals surface area contributed by atoms with Gasteiger partial charge in [-0.05, 0) is 37.1 Å². The number of nitrogens with one attached hydrogen (secondary N) is 2. The average Bonchev–Trinajstić information content (AvgIpc) is 3.11. The summed E-state index contributed by atoms with van der Waals surface area (Å²) in [6.45, 7) is 4.27. The number of aryl methyl sites for hydroxylation is 1. The van der Waals surface area contributed by atoms with Crippen molar-refractivity contribution < 1.29 is 31.9 Å². The molecule has 1 aromatic carbocycles. The molecule has 11 heteroatoms. The summed E-state index contributed by atoms with van der Waals surface area (Å²) < 4.78 is 51.3. The van der Waals surface area contributed by atoms with Crippen LogP contribution >= 0.6 is 0 Å². The lowest BCUT2D eigenvalue weighted by atomic mass is 10.0. The topological polar surface area (TPSA) is 118 Å². The molecule has 1 fully saturated rings. The molecule has 1 amide bonds. The number of aromatic amines is 1. The lowest BCUT2D eigenvalue weighted by Crippen LogP contribution is -2.40. The molecule has 3 rings (SSSR count). The van der Waals surface area contributed by atoms with Crippen LogP contribution in [-0.2, 0) is 25.9 Å². The van der Waals surface area contributed by atoms with Crippen molar-refractivity contribution in [2.45, 2.75) is 31.6 Å². The van der Waals surface area contributed by atoms with Gasteiger partial charge >= 0.3 is 5.97 Å². The van der Waals surface area contributed by atoms with Gasteiger partial charge in [0, 0.05) is 24.5 Å². The molecule has 9 nitrogen and oxygen atoms in total. The summed E-state index contributed by atoms with van der Waals surface area (Å²) in [5, 5.41) is 2.60. The van der Waals surface area contributed by atoms with Crippen molar-refractivity contribution in [1.82, 2.24) is 9.29 Å². The molecule has 0 radical (unpaired) electrons. The van der Waals surface area contributed by atoms with Gasteiger partial charge in [0.1, 0.15) is 16.4 Å². The fraction of sp³-hybridized carbons (Fsp3) is 0.429. The number of hydrogen-bond donors (Lipinski definition) is 2. The van der Waals surface area contributed by atoms with E-state index in [0.717, 1.165) is 16.4 Å². The molecule has 1 aliphatic heterocycles. The van der Waals surface area contributed by atoms with E-state index in [2.05, 4.69) is 10.3 Å². The van der Waals surface area contributed by atoms with Crippen molar-refractivity contribution in [3.05, 3.63) is 46.5 Å². The molecule has 32 heavy (non-hydrogen) atoms. The minimum Gasteiger partial charge on any atom is -0.465 e. The van der Waals surface area contributed by atoms with Gasteiger partial charge in [-0.25, -0.2) is 17.6 Å². The Balaban J connectivity index is 1.92. The van der Waals surface area contributed by atoms with E-state index < -0.39 is 32.6 Å². The standard InChI is InChI=1S/C21H26FN3O6S/c1-4-5-15-18(21(27)30-3)13(2)23-19(15)20(26)24-14-6-7-16(22)17(12-14)32(28,29)25-8-10-31-11-9-25/h6-7,12,23H,4-5,8-11H2,1-3H3,(H,24,26). The summed E-state index contributed by atoms with van der Waals surface area (Å²) in [7, 11) is -2.83. The largest absolute Gasteiger partial charge is 0.465 e. The number of methoxy groups -OCH3 is 1. The molecular formula is C21H26FN3O6S. The molecule has 0 bridgehead atoms. The number of amides is 1. The molecular weight excluding hydrogens is 441 g/mol. The lowest BCUT2D eigenvalue weighted by Gasteiger charge is -2.26. The summed E-state index contributed by atoms with van der Waals surface area (Å²) >= 11 is 0. The van der Waals surface area contributed by atoms with Crippen molar-refractivity contribution in [2.75, 3.05) is 38.7 Å². The Labute approximate surface area is 185 Å². The van der Waals surface area contributed by atoms with Crippen LogP contribution in [0.25, 0.3) is 0 Å². The van der Waals surface area contributed by atoms with Gasteiger partial charge in [-0.3, -0.25) is 4.79 Å². The second-order valence-electron chi connectivity index (χ2n) is 7.34. The molecule has 0 atom stereocenters. The summed E-state index contributed by atoms with van der Waals surface area (Å²) in [5.74, 6) is -2.04. The van der Waals surface area contributed by atoms with Crippen LogP contribution in [0.15, 0.2) is 23.1 Å². The molecule has 2 heterocycles. The summed E-state index contributed by atoms with van der Waals surface area (Å²) in [6.07, 6.45) is 1.14. The van der Waals surface area contributed by atoms with Crippen LogP contribution < -0.4 is 5.32 Å². The maximum atomic E-state index is 14.4. The van der Waals surface area contributed by atoms with Crippen LogP contribution in [0.2, 0.25) is 0 Å². The number of benzene rings is 1. The highest BCUT2D eigenvalue weighted by atomic mass is 32.2. The van der Waals surface area contributed by atoms with Gasteiger partial charge in [0.25, 0.3) is 5.91 Å². The van der Waals surface area contributed by atoms with Crippen molar-refractivity contribution >= 4 is 27.6 Å². The number of carbonyl (C=O) groups is 2. The predicted octanol–water partition coefficient (Wildman–Crippen LogP) is 2.47. The smallest absolute Gasteiger partial charge is 0.339 e. The molecule has 2 N–H and O–H groups in total. The van der Waals surface area contributed by atoms with Crippen LogP contribution in [0.3, 0.4) is 0 Å². The van der Waals surface area contributed by atoms with Gasteiger partial charge in [-0.2, -0.15) is 4.31 Å². The monoisotopic (exact) mass is 467 g/mol. The number of hydrogen-bond acceptors (Lipinski definition) is 6. The van der Waals surface area contributed by atoms with E-state index in [1.807, 2.05) is 6.92 Å². The first-order valence-corrected chi connectivity index (χ1v) is 11.6. The van der Waals surface area contributed by atoms with E-state index in [4.69, 9.17) is 9.47 Å². The third-order valence-corrected chi connectivity index (χ3v) is 7.10. The number of anilines is 1. The second kappa shape index (κ2) is 9.80. The Morgan fingerprint density at radius 1 is 1.28 bits per heavy atom. The van der Waals surface area contributed by atoms with Crippen LogP contribution in [0.4, 0.5) is 10.1 Å². The molecule has 1 saturated heterocycles. The Morgan fingerprint density at radius 3 is 2.59 bits per heavy atom. The zero-order chi connectivity index (χ0) is 23.5. The van der Waals surface area contributed by atoms with Crippen molar-refractivity contribution in [3.8, 4) is 0 Å². The summed E-state index contributed by atoms with van der Waals surface area (Å²) in [5.41, 5.74) is 1.58. The van der Waals surface area contributed by atoms with Crippen LogP contribution in [0.1, 0.15) is 45.4 Å². The molecule has 0 aliphatic carbocycles. The molecule has 1 aromatic heterocycles. The first-order chi connectivity index (χ1) is 15.2. The number of halogens is 1. The highest BCUT2D eigenvalue weighted by Gasteiger charge is 2.30. The molecule has 1 aliphatic rings. The summed E-state index contributed by atoms with van der Waals surface area (Å²) in [4.78, 5) is 27.5. The number of nitrogens with zero attached hydrogens (tertiary/aromatic N) is 1. The zero-order valence-corrected chi connectivity index (χ0v) is 19.0. The van der Waals surface area contributed by atoms with Gasteiger partial charge in [-0.15, -0.1) is 0 Å². The maximum Gasteiger partial charge on any atom is 0.339 e. The minimum absolute atomic E-state index is 0.109. The van der Waals surface area contributed by atoms with E-state index in [9.17, 15) is 22.4 Å². The predicted molar refractivity (Wildman–Crippen MR) is 115 cm³/mol. The number of carbonyl (C=O) groups excluding carboxylic acids is 2. The SMILES string of the molecule is CCCc1c(C(=O)Nc2ccc(F)c(S(=O)(=O)N3CCOCC3)c2)[nH]c(C)c1C(=O)OC. The van der Waals surface area contributed by atoms with Gasteiger partial charge in [-0.1, -0.05) is 13.3 Å². The Bertz CT molecular complexity index is 1120. The number of morpholine rings is 1. The zero-order valence-electron chi connectivity index (χ0n) is 18.2. The number of ether oxygens (including phenoxy) is 2. The third-order valence-electron chi connectivity index (χ3n) is 5.18. The van der Waals surface area contributed by atoms with Crippen molar-refractivity contribution in [1.29, 1.82) is 0 Å². The van der Waals surface area contributed by atoms with Crippen molar-refractivity contribution in [3.63, 3.8) is 0 Å². The second-order valence-corrected chi connectivity index (χ2v) is 9.24. The molecule has 0 spiro atoms. The molecule has 0 unspecified atom stereocenters. The number of sulfonamides is 1. The van der Waals surface area contributed by atoms with Crippen LogP contribution in [0, 0.1) is 12.7 Å². The Hall–Kier alpha value is -2.76. The Kier molecular flexibility index (Phi) is 7.32. The third kappa shape index (κ3) is 4.69. The number of esters is 1. The number of aromatic nitrogens is 1. The molecule has 0 saturated carbocycles. The van der Waals surface area contributed by atoms with Gasteiger partial charge < -0.3 is 19.8 Å². The highest BCUT2D eigenvalue weighted by molar-refractivity contribution is 7.89. The van der Waals surface area contributed by atoms with E-state index >= 15 is 0 Å². The van der Waals surface area contributed by atoms with Gasteiger partial charge in [0.15, 0.2) is 0 Å². The van der Waals surface area contributed by atoms with E-state index in [-0.39, 0.29) is 37.7 Å². The van der Waals surface area contributed by atoms with Crippen LogP contribution in [0.5, 0.6) is 0 Å². The summed E-state index contributed by atoms with van der Waals surface area (Å²) in [6, 6.07) is 3.37. The van der Waals surface area contributed by atoms with E-state index in [1.165, 1.54) is 13.2 Å². The van der Waals surface area contributed by atoms with Gasteiger partial charge in [0.05, 0.1) is 25.9 Å². The fourth-order valence-corrected chi connectivity index (χ4v) is 5.15. The molecule has 174 valence electrons. The molecule has 2 aromatic rings. The lowest BCUT2D eigenvalue weighted by molar-refractivity contribution is 0.0599.